The SMILES string of the molecule is O=C(c1nnn(-c2ccc(Br)cc2)c1C1CC1)N1CCN(c2ncccn2)CC1. The van der Waals surface area contributed by atoms with Crippen LogP contribution in [0.3, 0.4) is 0 Å². The predicted octanol–water partition coefficient (Wildman–Crippen LogP) is 2.66. The second-order valence-electron chi connectivity index (χ2n) is 7.31. The molecule has 8 nitrogen and oxygen atoms in total. The molecule has 1 saturated carbocycles. The van der Waals surface area contributed by atoms with Crippen molar-refractivity contribution in [2.45, 2.75) is 18.8 Å². The molecule has 2 fully saturated rings. The van der Waals surface area contributed by atoms with Crippen LogP contribution in [0.5, 0.6) is 0 Å². The largest absolute Gasteiger partial charge is 0.337 e. The van der Waals surface area contributed by atoms with E-state index in [1.54, 1.807) is 18.5 Å². The van der Waals surface area contributed by atoms with Gasteiger partial charge in [-0.1, -0.05) is 21.1 Å². The molecule has 1 aliphatic heterocycles. The summed E-state index contributed by atoms with van der Waals surface area (Å²) in [6, 6.07) is 9.71. The second-order valence-corrected chi connectivity index (χ2v) is 8.23. The molecule has 0 atom stereocenters. The molecule has 148 valence electrons. The van der Waals surface area contributed by atoms with Crippen molar-refractivity contribution in [2.24, 2.45) is 0 Å². The summed E-state index contributed by atoms with van der Waals surface area (Å²) in [4.78, 5) is 25.8. The van der Waals surface area contributed by atoms with Gasteiger partial charge in [-0.15, -0.1) is 5.10 Å². The summed E-state index contributed by atoms with van der Waals surface area (Å²) in [6.45, 7) is 2.64. The molecular formula is C20H20BrN7O. The fraction of sp³-hybridized carbons (Fsp3) is 0.350. The van der Waals surface area contributed by atoms with Crippen LogP contribution in [0.2, 0.25) is 0 Å². The van der Waals surface area contributed by atoms with Crippen LogP contribution >= 0.6 is 15.9 Å². The Bertz CT molecular complexity index is 1010. The summed E-state index contributed by atoms with van der Waals surface area (Å²) < 4.78 is 2.83. The third-order valence-electron chi connectivity index (χ3n) is 5.34. The van der Waals surface area contributed by atoms with E-state index in [0.717, 1.165) is 28.7 Å². The van der Waals surface area contributed by atoms with Crippen LogP contribution < -0.4 is 4.90 Å². The van der Waals surface area contributed by atoms with Crippen LogP contribution in [0, 0.1) is 0 Å². The molecule has 3 heterocycles. The quantitative estimate of drug-likeness (QED) is 0.603. The van der Waals surface area contributed by atoms with E-state index in [-0.39, 0.29) is 5.91 Å². The second kappa shape index (κ2) is 7.55. The third kappa shape index (κ3) is 3.62. The van der Waals surface area contributed by atoms with Gasteiger partial charge in [-0.25, -0.2) is 14.6 Å². The lowest BCUT2D eigenvalue weighted by atomic mass is 10.2. The van der Waals surface area contributed by atoms with Gasteiger partial charge in [0.1, 0.15) is 0 Å². The van der Waals surface area contributed by atoms with Crippen molar-refractivity contribution in [2.75, 3.05) is 31.1 Å². The topological polar surface area (TPSA) is 80.0 Å². The van der Waals surface area contributed by atoms with E-state index in [1.807, 2.05) is 33.8 Å². The van der Waals surface area contributed by atoms with Gasteiger partial charge in [0.2, 0.25) is 5.95 Å². The number of aromatic nitrogens is 5. The highest BCUT2D eigenvalue weighted by Crippen LogP contribution is 2.42. The number of benzene rings is 1. The highest BCUT2D eigenvalue weighted by Gasteiger charge is 2.36. The Kier molecular flexibility index (Phi) is 4.75. The van der Waals surface area contributed by atoms with E-state index in [2.05, 4.69) is 41.1 Å². The lowest BCUT2D eigenvalue weighted by Crippen LogP contribution is -2.49. The molecule has 1 aliphatic carbocycles. The number of carbonyl (C=O) groups is 1. The van der Waals surface area contributed by atoms with E-state index in [0.29, 0.717) is 43.7 Å². The van der Waals surface area contributed by atoms with Crippen molar-refractivity contribution in [1.29, 1.82) is 0 Å². The molecule has 1 aromatic carbocycles. The van der Waals surface area contributed by atoms with Crippen molar-refractivity contribution in [3.8, 4) is 5.69 Å². The average molecular weight is 454 g/mol. The van der Waals surface area contributed by atoms with E-state index in [4.69, 9.17) is 0 Å². The number of piperazine rings is 1. The summed E-state index contributed by atoms with van der Waals surface area (Å²) in [5, 5.41) is 8.63. The molecule has 0 spiro atoms. The fourth-order valence-corrected chi connectivity index (χ4v) is 3.92. The highest BCUT2D eigenvalue weighted by atomic mass is 79.9. The number of carbonyl (C=O) groups excluding carboxylic acids is 1. The Hall–Kier alpha value is -2.81. The summed E-state index contributed by atoms with van der Waals surface area (Å²) in [5.74, 6) is 1.02. The van der Waals surface area contributed by atoms with E-state index < -0.39 is 0 Å². The number of rotatable bonds is 4. The van der Waals surface area contributed by atoms with Crippen LogP contribution in [0.4, 0.5) is 5.95 Å². The molecule has 2 aliphatic rings. The van der Waals surface area contributed by atoms with Crippen LogP contribution in [-0.2, 0) is 0 Å². The first kappa shape index (κ1) is 18.2. The fourth-order valence-electron chi connectivity index (χ4n) is 3.65. The minimum Gasteiger partial charge on any atom is -0.337 e. The first-order valence-electron chi connectivity index (χ1n) is 9.73. The zero-order chi connectivity index (χ0) is 19.8. The van der Waals surface area contributed by atoms with Gasteiger partial charge < -0.3 is 9.80 Å². The standard InChI is InChI=1S/C20H20BrN7O/c21-15-4-6-16(7-5-15)28-18(14-2-3-14)17(24-25-28)19(29)26-10-12-27(13-11-26)20-22-8-1-9-23-20/h1,4-9,14H,2-3,10-13H2. The molecule has 0 bridgehead atoms. The minimum atomic E-state index is -0.0381. The molecule has 0 unspecified atom stereocenters. The van der Waals surface area contributed by atoms with Crippen molar-refractivity contribution >= 4 is 27.8 Å². The van der Waals surface area contributed by atoms with Crippen LogP contribution in [0.15, 0.2) is 47.2 Å². The molecule has 1 saturated heterocycles. The molecule has 2 aromatic heterocycles. The Morgan fingerprint density at radius 2 is 1.69 bits per heavy atom. The van der Waals surface area contributed by atoms with Crippen molar-refractivity contribution in [1.82, 2.24) is 29.9 Å². The van der Waals surface area contributed by atoms with Gasteiger partial charge in [-0.2, -0.15) is 0 Å². The van der Waals surface area contributed by atoms with Crippen LogP contribution in [0.25, 0.3) is 5.69 Å². The van der Waals surface area contributed by atoms with Crippen LogP contribution in [-0.4, -0.2) is 61.9 Å². The maximum Gasteiger partial charge on any atom is 0.276 e. The summed E-state index contributed by atoms with van der Waals surface area (Å²) >= 11 is 3.46. The van der Waals surface area contributed by atoms with E-state index in [9.17, 15) is 4.79 Å². The van der Waals surface area contributed by atoms with Crippen molar-refractivity contribution < 1.29 is 4.79 Å². The molecule has 1 amide bonds. The monoisotopic (exact) mass is 453 g/mol. The van der Waals surface area contributed by atoms with Gasteiger partial charge in [0.15, 0.2) is 5.69 Å². The molecule has 3 aromatic rings. The summed E-state index contributed by atoms with van der Waals surface area (Å²) in [6.07, 6.45) is 5.62. The Balaban J connectivity index is 1.36. The average Bonchev–Trinajstić information content (AvgIpc) is 3.52. The van der Waals surface area contributed by atoms with Gasteiger partial charge >= 0.3 is 0 Å². The maximum atomic E-state index is 13.2. The number of nitrogens with zero attached hydrogens (tertiary/aromatic N) is 7. The zero-order valence-corrected chi connectivity index (χ0v) is 17.4. The first-order chi connectivity index (χ1) is 14.2. The van der Waals surface area contributed by atoms with Gasteiger partial charge in [0.05, 0.1) is 11.4 Å². The van der Waals surface area contributed by atoms with Gasteiger partial charge in [0, 0.05) is 49.0 Å². The lowest BCUT2D eigenvalue weighted by molar-refractivity contribution is 0.0739. The van der Waals surface area contributed by atoms with Crippen molar-refractivity contribution in [3.05, 3.63) is 58.6 Å². The highest BCUT2D eigenvalue weighted by molar-refractivity contribution is 9.10. The summed E-state index contributed by atoms with van der Waals surface area (Å²) in [5.41, 5.74) is 2.35. The summed E-state index contributed by atoms with van der Waals surface area (Å²) in [7, 11) is 0. The first-order valence-corrected chi connectivity index (χ1v) is 10.5. The third-order valence-corrected chi connectivity index (χ3v) is 5.87. The molecule has 0 N–H and O–H groups in total. The number of amides is 1. The number of halogens is 1. The molecule has 29 heavy (non-hydrogen) atoms. The van der Waals surface area contributed by atoms with Gasteiger partial charge in [-0.05, 0) is 43.2 Å². The Morgan fingerprint density at radius 1 is 1.00 bits per heavy atom. The molecule has 5 rings (SSSR count). The maximum absolute atomic E-state index is 13.2. The zero-order valence-electron chi connectivity index (χ0n) is 15.8. The number of anilines is 1. The van der Waals surface area contributed by atoms with Gasteiger partial charge in [0.25, 0.3) is 5.91 Å². The van der Waals surface area contributed by atoms with Crippen molar-refractivity contribution in [3.63, 3.8) is 0 Å². The molecule has 0 radical (unpaired) electrons. The van der Waals surface area contributed by atoms with E-state index >= 15 is 0 Å². The minimum absolute atomic E-state index is 0.0381. The number of hydrogen-bond acceptors (Lipinski definition) is 6. The van der Waals surface area contributed by atoms with Gasteiger partial charge in [-0.3, -0.25) is 4.79 Å². The molecule has 9 heteroatoms. The molecular weight excluding hydrogens is 434 g/mol. The lowest BCUT2D eigenvalue weighted by Gasteiger charge is -2.34. The number of hydrogen-bond donors (Lipinski definition) is 0. The van der Waals surface area contributed by atoms with Crippen LogP contribution in [0.1, 0.15) is 34.9 Å². The van der Waals surface area contributed by atoms with E-state index in [1.165, 1.54) is 0 Å². The smallest absolute Gasteiger partial charge is 0.276 e. The predicted molar refractivity (Wildman–Crippen MR) is 111 cm³/mol. The Morgan fingerprint density at radius 3 is 2.34 bits per heavy atom. The Labute approximate surface area is 176 Å². The normalized spacial score (nSPS) is 16.9.